The average Bonchev–Trinajstić information content (AvgIpc) is 2.21. The summed E-state index contributed by atoms with van der Waals surface area (Å²) in [5, 5.41) is 11.8. The number of carbonyl (C=O) groups excluding carboxylic acids is 1. The first kappa shape index (κ1) is 14.4. The number of aliphatic carboxylic acids is 1. The Morgan fingerprint density at radius 2 is 1.94 bits per heavy atom. The van der Waals surface area contributed by atoms with Crippen molar-refractivity contribution >= 4 is 23.6 Å². The molecule has 0 saturated carbocycles. The minimum atomic E-state index is -1.07. The van der Waals surface area contributed by atoms with Gasteiger partial charge in [-0.05, 0) is 19.9 Å². The molecule has 0 radical (unpaired) electrons. The van der Waals surface area contributed by atoms with Gasteiger partial charge < -0.3 is 10.4 Å². The molecule has 0 saturated heterocycles. The van der Waals surface area contributed by atoms with E-state index in [0.29, 0.717) is 5.16 Å². The fourth-order valence-electron chi connectivity index (χ4n) is 1.34. The van der Waals surface area contributed by atoms with Crippen molar-refractivity contribution in [3.8, 4) is 0 Å². The standard InChI is InChI=1S/C11H15N3O3S/c1-6-4-7(2)13-11(12-6)18-5-9(10(16)17)14-8(3)15/h4,9H,5H2,1-3H3,(H,14,15)(H,16,17). The highest BCUT2D eigenvalue weighted by molar-refractivity contribution is 7.99. The molecule has 6 nitrogen and oxygen atoms in total. The van der Waals surface area contributed by atoms with Crippen LogP contribution in [0.3, 0.4) is 0 Å². The SMILES string of the molecule is CC(=O)NC(CSc1nc(C)cc(C)n1)C(=O)O. The molecule has 1 heterocycles. The summed E-state index contributed by atoms with van der Waals surface area (Å²) >= 11 is 1.21. The summed E-state index contributed by atoms with van der Waals surface area (Å²) in [5.41, 5.74) is 1.66. The molecule has 18 heavy (non-hydrogen) atoms. The first-order valence-electron chi connectivity index (χ1n) is 5.33. The number of thioether (sulfide) groups is 1. The van der Waals surface area contributed by atoms with E-state index in [1.807, 2.05) is 19.9 Å². The van der Waals surface area contributed by atoms with Crippen molar-refractivity contribution in [1.82, 2.24) is 15.3 Å². The Morgan fingerprint density at radius 3 is 2.39 bits per heavy atom. The third-order valence-electron chi connectivity index (χ3n) is 2.02. The zero-order valence-corrected chi connectivity index (χ0v) is 11.2. The predicted molar refractivity (Wildman–Crippen MR) is 67.5 cm³/mol. The summed E-state index contributed by atoms with van der Waals surface area (Å²) in [6, 6.07) is 0.906. The van der Waals surface area contributed by atoms with E-state index in [2.05, 4.69) is 15.3 Å². The van der Waals surface area contributed by atoms with Crippen molar-refractivity contribution in [1.29, 1.82) is 0 Å². The minimum Gasteiger partial charge on any atom is -0.480 e. The normalized spacial score (nSPS) is 11.9. The van der Waals surface area contributed by atoms with E-state index in [1.54, 1.807) is 0 Å². The third kappa shape index (κ3) is 4.70. The number of rotatable bonds is 5. The summed E-state index contributed by atoms with van der Waals surface area (Å²) < 4.78 is 0. The molecule has 1 amide bonds. The monoisotopic (exact) mass is 269 g/mol. The molecule has 2 N–H and O–H groups in total. The number of carboxylic acid groups (broad SMARTS) is 1. The minimum absolute atomic E-state index is 0.192. The molecule has 0 aliphatic carbocycles. The van der Waals surface area contributed by atoms with Gasteiger partial charge in [-0.3, -0.25) is 4.79 Å². The van der Waals surface area contributed by atoms with Crippen LogP contribution in [0.1, 0.15) is 18.3 Å². The lowest BCUT2D eigenvalue weighted by atomic mass is 10.3. The molecule has 0 aliphatic rings. The molecular weight excluding hydrogens is 254 g/mol. The van der Waals surface area contributed by atoms with Gasteiger partial charge in [0.05, 0.1) is 0 Å². The maximum atomic E-state index is 10.9. The summed E-state index contributed by atoms with van der Waals surface area (Å²) in [4.78, 5) is 30.2. The summed E-state index contributed by atoms with van der Waals surface area (Å²) in [6.07, 6.45) is 0. The van der Waals surface area contributed by atoms with Crippen LogP contribution in [0.4, 0.5) is 0 Å². The van der Waals surface area contributed by atoms with E-state index in [-0.39, 0.29) is 11.7 Å². The number of aryl methyl sites for hydroxylation is 2. The molecule has 1 rings (SSSR count). The Bertz CT molecular complexity index is 445. The molecule has 0 spiro atoms. The Kier molecular flexibility index (Phi) is 5.08. The van der Waals surface area contributed by atoms with Gasteiger partial charge in [-0.1, -0.05) is 11.8 Å². The van der Waals surface area contributed by atoms with Gasteiger partial charge in [0.1, 0.15) is 6.04 Å². The van der Waals surface area contributed by atoms with E-state index in [0.717, 1.165) is 11.4 Å². The molecular formula is C11H15N3O3S. The van der Waals surface area contributed by atoms with Crippen LogP contribution in [0.25, 0.3) is 0 Å². The second-order valence-corrected chi connectivity index (χ2v) is 4.82. The zero-order valence-electron chi connectivity index (χ0n) is 10.4. The van der Waals surface area contributed by atoms with E-state index in [9.17, 15) is 9.59 Å². The lowest BCUT2D eigenvalue weighted by molar-refractivity contribution is -0.140. The second-order valence-electron chi connectivity index (χ2n) is 3.84. The fourth-order valence-corrected chi connectivity index (χ4v) is 2.29. The van der Waals surface area contributed by atoms with Crippen molar-refractivity contribution in [3.63, 3.8) is 0 Å². The molecule has 98 valence electrons. The van der Waals surface area contributed by atoms with Crippen LogP contribution in [0.2, 0.25) is 0 Å². The quantitative estimate of drug-likeness (QED) is 0.606. The van der Waals surface area contributed by atoms with E-state index in [4.69, 9.17) is 5.11 Å². The van der Waals surface area contributed by atoms with Gasteiger partial charge in [0.25, 0.3) is 0 Å². The topological polar surface area (TPSA) is 92.2 Å². The van der Waals surface area contributed by atoms with Crippen LogP contribution in [0, 0.1) is 13.8 Å². The smallest absolute Gasteiger partial charge is 0.327 e. The lowest BCUT2D eigenvalue weighted by Gasteiger charge is -2.12. The number of nitrogens with one attached hydrogen (secondary N) is 1. The Morgan fingerprint density at radius 1 is 1.39 bits per heavy atom. The molecule has 0 bridgehead atoms. The molecule has 1 aromatic heterocycles. The number of hydrogen-bond donors (Lipinski definition) is 2. The largest absolute Gasteiger partial charge is 0.480 e. The third-order valence-corrected chi connectivity index (χ3v) is 2.96. The number of carbonyl (C=O) groups is 2. The molecule has 1 unspecified atom stereocenters. The maximum absolute atomic E-state index is 10.9. The van der Waals surface area contributed by atoms with Crippen LogP contribution in [0.15, 0.2) is 11.2 Å². The maximum Gasteiger partial charge on any atom is 0.327 e. The first-order valence-corrected chi connectivity index (χ1v) is 6.32. The van der Waals surface area contributed by atoms with Gasteiger partial charge in [0.15, 0.2) is 5.16 Å². The van der Waals surface area contributed by atoms with E-state index >= 15 is 0 Å². The van der Waals surface area contributed by atoms with Gasteiger partial charge in [-0.15, -0.1) is 0 Å². The Hall–Kier alpha value is -1.63. The van der Waals surface area contributed by atoms with E-state index < -0.39 is 12.0 Å². The van der Waals surface area contributed by atoms with Crippen LogP contribution >= 0.6 is 11.8 Å². The number of hydrogen-bond acceptors (Lipinski definition) is 5. The second kappa shape index (κ2) is 6.34. The highest BCUT2D eigenvalue weighted by atomic mass is 32.2. The molecule has 1 aromatic rings. The first-order chi connectivity index (χ1) is 8.38. The number of carboxylic acids is 1. The van der Waals surface area contributed by atoms with Crippen molar-refractivity contribution < 1.29 is 14.7 Å². The zero-order chi connectivity index (χ0) is 13.7. The van der Waals surface area contributed by atoms with Crippen molar-refractivity contribution in [3.05, 3.63) is 17.5 Å². The molecule has 0 aliphatic heterocycles. The Balaban J connectivity index is 2.66. The van der Waals surface area contributed by atoms with Gasteiger partial charge in [-0.2, -0.15) is 0 Å². The molecule has 0 fully saturated rings. The van der Waals surface area contributed by atoms with E-state index in [1.165, 1.54) is 18.7 Å². The average molecular weight is 269 g/mol. The summed E-state index contributed by atoms with van der Waals surface area (Å²) in [6.45, 7) is 4.98. The molecule has 1 atom stereocenters. The van der Waals surface area contributed by atoms with Gasteiger partial charge in [0, 0.05) is 24.1 Å². The van der Waals surface area contributed by atoms with Crippen LogP contribution in [-0.4, -0.2) is 38.7 Å². The van der Waals surface area contributed by atoms with Gasteiger partial charge in [0.2, 0.25) is 5.91 Å². The molecule has 0 aromatic carbocycles. The lowest BCUT2D eigenvalue weighted by Crippen LogP contribution is -2.41. The summed E-state index contributed by atoms with van der Waals surface area (Å²) in [5.74, 6) is -1.25. The number of aromatic nitrogens is 2. The van der Waals surface area contributed by atoms with Crippen LogP contribution in [-0.2, 0) is 9.59 Å². The number of nitrogens with zero attached hydrogens (tertiary/aromatic N) is 2. The fraction of sp³-hybridized carbons (Fsp3) is 0.455. The van der Waals surface area contributed by atoms with Gasteiger partial charge in [-0.25, -0.2) is 14.8 Å². The number of amides is 1. The highest BCUT2D eigenvalue weighted by Gasteiger charge is 2.19. The van der Waals surface area contributed by atoms with Crippen molar-refractivity contribution in [2.75, 3.05) is 5.75 Å². The van der Waals surface area contributed by atoms with Crippen LogP contribution in [0.5, 0.6) is 0 Å². The summed E-state index contributed by atoms with van der Waals surface area (Å²) in [7, 11) is 0. The van der Waals surface area contributed by atoms with Crippen LogP contribution < -0.4 is 5.32 Å². The highest BCUT2D eigenvalue weighted by Crippen LogP contribution is 2.15. The van der Waals surface area contributed by atoms with Crippen molar-refractivity contribution in [2.24, 2.45) is 0 Å². The Labute approximate surface area is 109 Å². The predicted octanol–water partition coefficient (Wildman–Crippen LogP) is 0.775. The molecule has 7 heteroatoms. The van der Waals surface area contributed by atoms with Gasteiger partial charge >= 0.3 is 5.97 Å². The van der Waals surface area contributed by atoms with Crippen molar-refractivity contribution in [2.45, 2.75) is 32.0 Å².